The largest absolute Gasteiger partial charge is 0.491 e. The van der Waals surface area contributed by atoms with Gasteiger partial charge in [-0.2, -0.15) is 0 Å². The van der Waals surface area contributed by atoms with Gasteiger partial charge in [0.05, 0.1) is 27.4 Å². The van der Waals surface area contributed by atoms with Crippen molar-refractivity contribution in [2.24, 2.45) is 10.6 Å². The van der Waals surface area contributed by atoms with Gasteiger partial charge in [0.2, 0.25) is 10.0 Å². The molecule has 0 unspecified atom stereocenters. The Kier molecular flexibility index (Phi) is 5.31. The normalized spacial score (nSPS) is 17.9. The summed E-state index contributed by atoms with van der Waals surface area (Å²) in [5, 5.41) is 6.21. The van der Waals surface area contributed by atoms with E-state index in [0.29, 0.717) is 20.8 Å². The topological polar surface area (TPSA) is 69.4 Å². The second kappa shape index (κ2) is 6.50. The lowest BCUT2D eigenvalue weighted by molar-refractivity contribution is 0.170. The Labute approximate surface area is 139 Å². The molecule has 4 nitrogen and oxygen atoms in total. The third-order valence-electron chi connectivity index (χ3n) is 3.68. The van der Waals surface area contributed by atoms with Gasteiger partial charge in [-0.25, -0.2) is 13.6 Å². The molecule has 1 aromatic rings. The predicted octanol–water partition coefficient (Wildman–Crippen LogP) is 3.87. The van der Waals surface area contributed by atoms with Gasteiger partial charge < -0.3 is 4.74 Å². The Hall–Kier alpha value is -0.200. The molecule has 2 N–H and O–H groups in total. The van der Waals surface area contributed by atoms with Crippen LogP contribution in [-0.2, 0) is 10.0 Å². The summed E-state index contributed by atoms with van der Waals surface area (Å²) in [7, 11) is -3.56. The Balaban J connectivity index is 2.14. The third kappa shape index (κ3) is 4.63. The average molecular weight is 373 g/mol. The Morgan fingerprint density at radius 3 is 2.24 bits per heavy atom. The van der Waals surface area contributed by atoms with Crippen LogP contribution in [0.5, 0.6) is 5.75 Å². The lowest BCUT2D eigenvalue weighted by Crippen LogP contribution is -2.36. The zero-order valence-electron chi connectivity index (χ0n) is 11.2. The molecule has 1 aliphatic carbocycles. The van der Waals surface area contributed by atoms with Gasteiger partial charge in [-0.3, -0.25) is 0 Å². The van der Waals surface area contributed by atoms with E-state index in [-0.39, 0.29) is 12.4 Å². The Morgan fingerprint density at radius 2 is 1.67 bits per heavy atom. The standard InChI is InChI=1S/C13H16Cl3NO3S/c14-9-5-11(16)12(6-10(9)15)20-7-13(3-1-2-4-13)8-21(17,18)19/h5-6H,1-4,7-8H2,(H2,17,18,19). The molecule has 0 aliphatic heterocycles. The van der Waals surface area contributed by atoms with Crippen LogP contribution in [0.4, 0.5) is 0 Å². The maximum absolute atomic E-state index is 11.4. The molecular weight excluding hydrogens is 357 g/mol. The monoisotopic (exact) mass is 371 g/mol. The molecule has 1 aliphatic rings. The second-order valence-corrected chi connectivity index (χ2v) is 8.34. The first-order valence-corrected chi connectivity index (χ1v) is 9.34. The molecule has 0 aromatic heterocycles. The van der Waals surface area contributed by atoms with E-state index in [2.05, 4.69) is 0 Å². The highest BCUT2D eigenvalue weighted by Gasteiger charge is 2.38. The van der Waals surface area contributed by atoms with E-state index in [1.807, 2.05) is 0 Å². The maximum Gasteiger partial charge on any atom is 0.209 e. The summed E-state index contributed by atoms with van der Waals surface area (Å²) in [6.07, 6.45) is 3.46. The molecular formula is C13H16Cl3NO3S. The molecule has 0 atom stereocenters. The van der Waals surface area contributed by atoms with Gasteiger partial charge in [0.25, 0.3) is 0 Å². The van der Waals surface area contributed by atoms with Crippen LogP contribution in [-0.4, -0.2) is 20.8 Å². The number of benzene rings is 1. The number of primary sulfonamides is 1. The molecule has 2 rings (SSSR count). The molecule has 8 heteroatoms. The van der Waals surface area contributed by atoms with Crippen molar-refractivity contribution < 1.29 is 13.2 Å². The highest BCUT2D eigenvalue weighted by atomic mass is 35.5. The fraction of sp³-hybridized carbons (Fsp3) is 0.538. The van der Waals surface area contributed by atoms with Gasteiger partial charge in [-0.15, -0.1) is 0 Å². The minimum Gasteiger partial charge on any atom is -0.491 e. The Morgan fingerprint density at radius 1 is 1.10 bits per heavy atom. The van der Waals surface area contributed by atoms with Crippen LogP contribution in [0.3, 0.4) is 0 Å². The number of hydrogen-bond acceptors (Lipinski definition) is 3. The van der Waals surface area contributed by atoms with Gasteiger partial charge in [-0.1, -0.05) is 47.6 Å². The van der Waals surface area contributed by atoms with E-state index >= 15 is 0 Å². The molecule has 21 heavy (non-hydrogen) atoms. The summed E-state index contributed by atoms with van der Waals surface area (Å²) in [6, 6.07) is 3.04. The van der Waals surface area contributed by atoms with E-state index in [9.17, 15) is 8.42 Å². The van der Waals surface area contributed by atoms with Gasteiger partial charge in [0.15, 0.2) is 0 Å². The summed E-state index contributed by atoms with van der Waals surface area (Å²) in [5.41, 5.74) is -0.455. The third-order valence-corrected chi connectivity index (χ3v) is 5.71. The predicted molar refractivity (Wildman–Crippen MR) is 85.8 cm³/mol. The molecule has 1 aromatic carbocycles. The molecule has 0 spiro atoms. The molecule has 1 fully saturated rings. The maximum atomic E-state index is 11.4. The first-order chi connectivity index (χ1) is 9.71. The van der Waals surface area contributed by atoms with Crippen LogP contribution in [0.1, 0.15) is 25.7 Å². The van der Waals surface area contributed by atoms with Gasteiger partial charge in [0.1, 0.15) is 5.75 Å². The summed E-state index contributed by atoms with van der Waals surface area (Å²) in [4.78, 5) is 0. The van der Waals surface area contributed by atoms with Crippen LogP contribution in [0.15, 0.2) is 12.1 Å². The van der Waals surface area contributed by atoms with Crippen LogP contribution >= 0.6 is 34.8 Å². The van der Waals surface area contributed by atoms with Crippen LogP contribution in [0.25, 0.3) is 0 Å². The molecule has 0 heterocycles. The molecule has 0 bridgehead atoms. The van der Waals surface area contributed by atoms with Crippen molar-refractivity contribution in [1.29, 1.82) is 0 Å². The van der Waals surface area contributed by atoms with Crippen molar-refractivity contribution in [3.05, 3.63) is 27.2 Å². The zero-order chi connectivity index (χ0) is 15.7. The lowest BCUT2D eigenvalue weighted by atomic mass is 9.90. The van der Waals surface area contributed by atoms with Gasteiger partial charge in [0, 0.05) is 11.5 Å². The Bertz CT molecular complexity index is 628. The SMILES string of the molecule is NS(=O)(=O)CC1(COc2cc(Cl)c(Cl)cc2Cl)CCCC1. The number of hydrogen-bond donors (Lipinski definition) is 1. The van der Waals surface area contributed by atoms with E-state index in [0.717, 1.165) is 25.7 Å². The highest BCUT2D eigenvalue weighted by molar-refractivity contribution is 7.89. The number of sulfonamides is 1. The molecule has 1 saturated carbocycles. The lowest BCUT2D eigenvalue weighted by Gasteiger charge is -2.28. The quantitative estimate of drug-likeness (QED) is 0.798. The first-order valence-electron chi connectivity index (χ1n) is 6.49. The molecule has 0 amide bonds. The van der Waals surface area contributed by atoms with E-state index in [4.69, 9.17) is 44.7 Å². The first kappa shape index (κ1) is 17.2. The van der Waals surface area contributed by atoms with Gasteiger partial charge in [-0.05, 0) is 18.9 Å². The van der Waals surface area contributed by atoms with Crippen molar-refractivity contribution in [2.45, 2.75) is 25.7 Å². The highest BCUT2D eigenvalue weighted by Crippen LogP contribution is 2.41. The van der Waals surface area contributed by atoms with Crippen LogP contribution in [0, 0.1) is 5.41 Å². The minimum atomic E-state index is -3.56. The summed E-state index contributed by atoms with van der Waals surface area (Å²) in [5.74, 6) is 0.311. The summed E-state index contributed by atoms with van der Waals surface area (Å²) < 4.78 is 28.6. The second-order valence-electron chi connectivity index (χ2n) is 5.50. The van der Waals surface area contributed by atoms with Crippen molar-refractivity contribution in [1.82, 2.24) is 0 Å². The molecule has 118 valence electrons. The minimum absolute atomic E-state index is 0.0844. The number of halogens is 3. The van der Waals surface area contributed by atoms with Crippen molar-refractivity contribution in [2.75, 3.05) is 12.4 Å². The van der Waals surface area contributed by atoms with E-state index in [1.165, 1.54) is 12.1 Å². The van der Waals surface area contributed by atoms with Crippen molar-refractivity contribution >= 4 is 44.8 Å². The number of ether oxygens (including phenoxy) is 1. The van der Waals surface area contributed by atoms with Crippen LogP contribution < -0.4 is 9.88 Å². The van der Waals surface area contributed by atoms with E-state index in [1.54, 1.807) is 0 Å². The fourth-order valence-corrected chi connectivity index (χ4v) is 4.54. The fourth-order valence-electron chi connectivity index (χ4n) is 2.73. The summed E-state index contributed by atoms with van der Waals surface area (Å²) >= 11 is 17.9. The smallest absolute Gasteiger partial charge is 0.209 e. The molecule has 0 radical (unpaired) electrons. The number of nitrogens with two attached hydrogens (primary N) is 1. The zero-order valence-corrected chi connectivity index (χ0v) is 14.3. The van der Waals surface area contributed by atoms with E-state index < -0.39 is 15.4 Å². The summed E-state index contributed by atoms with van der Waals surface area (Å²) in [6.45, 7) is 0.237. The van der Waals surface area contributed by atoms with Crippen LogP contribution in [0.2, 0.25) is 15.1 Å². The molecule has 0 saturated heterocycles. The number of rotatable bonds is 5. The average Bonchev–Trinajstić information content (AvgIpc) is 2.79. The van der Waals surface area contributed by atoms with Crippen molar-refractivity contribution in [3.8, 4) is 5.75 Å². The van der Waals surface area contributed by atoms with Gasteiger partial charge >= 0.3 is 0 Å². The van der Waals surface area contributed by atoms with Crippen molar-refractivity contribution in [3.63, 3.8) is 0 Å².